The number of pyridine rings is 1. The van der Waals surface area contributed by atoms with Crippen molar-refractivity contribution in [2.75, 3.05) is 25.5 Å². The number of sulfonamides is 1. The molecule has 40 heavy (non-hydrogen) atoms. The summed E-state index contributed by atoms with van der Waals surface area (Å²) in [6.45, 7) is 8.94. The largest absolute Gasteiger partial charge is 0.324 e. The number of nitrogens with zero attached hydrogens (tertiary/aromatic N) is 7. The quantitative estimate of drug-likeness (QED) is 0.315. The summed E-state index contributed by atoms with van der Waals surface area (Å²) < 4.78 is 30.1. The molecule has 1 fully saturated rings. The molecule has 1 saturated heterocycles. The number of hydrogen-bond acceptors (Lipinski definition) is 8. The van der Waals surface area contributed by atoms with Crippen LogP contribution in [0.4, 0.5) is 11.6 Å². The lowest BCUT2D eigenvalue weighted by atomic mass is 10.0. The third kappa shape index (κ3) is 5.91. The van der Waals surface area contributed by atoms with Crippen molar-refractivity contribution in [2.45, 2.75) is 57.1 Å². The van der Waals surface area contributed by atoms with E-state index in [0.29, 0.717) is 17.7 Å². The molecule has 0 saturated carbocycles. The van der Waals surface area contributed by atoms with Crippen LogP contribution in [0.25, 0.3) is 22.5 Å². The van der Waals surface area contributed by atoms with Gasteiger partial charge in [-0.1, -0.05) is 0 Å². The van der Waals surface area contributed by atoms with E-state index in [2.05, 4.69) is 34.0 Å². The second-order valence-corrected chi connectivity index (χ2v) is 12.3. The third-order valence-corrected chi connectivity index (χ3v) is 9.41. The molecule has 0 aliphatic carbocycles. The first-order chi connectivity index (χ1) is 19.3. The highest BCUT2D eigenvalue weighted by Crippen LogP contribution is 2.30. The first kappa shape index (κ1) is 27.9. The van der Waals surface area contributed by atoms with Gasteiger partial charge in [0.2, 0.25) is 16.0 Å². The molecule has 0 amide bonds. The average molecular weight is 561 g/mol. The van der Waals surface area contributed by atoms with Gasteiger partial charge in [-0.2, -0.15) is 9.40 Å². The topological polar surface area (TPSA) is 109 Å². The number of hydrogen-bond donors (Lipinski definition) is 1. The Bertz CT molecular complexity index is 1530. The van der Waals surface area contributed by atoms with E-state index >= 15 is 0 Å². The Balaban J connectivity index is 1.31. The fourth-order valence-electron chi connectivity index (χ4n) is 5.02. The first-order valence-electron chi connectivity index (χ1n) is 13.7. The highest BCUT2D eigenvalue weighted by atomic mass is 32.2. The molecular weight excluding hydrogens is 524 g/mol. The van der Waals surface area contributed by atoms with Gasteiger partial charge >= 0.3 is 0 Å². The van der Waals surface area contributed by atoms with Crippen molar-refractivity contribution in [3.8, 4) is 22.5 Å². The van der Waals surface area contributed by atoms with E-state index in [1.807, 2.05) is 36.0 Å². The molecule has 0 bridgehead atoms. The van der Waals surface area contributed by atoms with Crippen LogP contribution in [0.15, 0.2) is 72.1 Å². The van der Waals surface area contributed by atoms with Crippen molar-refractivity contribution in [1.82, 2.24) is 33.9 Å². The Morgan fingerprint density at radius 2 is 1.82 bits per heavy atom. The van der Waals surface area contributed by atoms with Crippen LogP contribution in [0.1, 0.15) is 33.6 Å². The molecule has 4 aromatic rings. The van der Waals surface area contributed by atoms with Crippen LogP contribution in [0.3, 0.4) is 0 Å². The summed E-state index contributed by atoms with van der Waals surface area (Å²) in [4.78, 5) is 16.0. The third-order valence-electron chi connectivity index (χ3n) is 7.48. The molecule has 0 spiro atoms. The van der Waals surface area contributed by atoms with Gasteiger partial charge in [0.1, 0.15) is 5.69 Å². The minimum absolute atomic E-state index is 0.00237. The number of aromatic nitrogens is 5. The maximum absolute atomic E-state index is 13.3. The van der Waals surface area contributed by atoms with Crippen molar-refractivity contribution in [3.05, 3.63) is 67.3 Å². The molecule has 3 aromatic heterocycles. The van der Waals surface area contributed by atoms with Crippen LogP contribution in [-0.2, 0) is 16.6 Å². The number of nitrogens with one attached hydrogen (secondary N) is 1. The highest BCUT2D eigenvalue weighted by Gasteiger charge is 2.31. The number of likely N-dealkylation sites (tertiary alicyclic amines) is 1. The van der Waals surface area contributed by atoms with Gasteiger partial charge in [0.05, 0.1) is 10.6 Å². The maximum atomic E-state index is 13.3. The molecule has 210 valence electrons. The lowest BCUT2D eigenvalue weighted by Crippen LogP contribution is -2.47. The monoisotopic (exact) mass is 560 g/mol. The molecule has 1 aromatic carbocycles. The number of aryl methyl sites for hydroxylation is 1. The molecule has 1 aliphatic heterocycles. The molecule has 1 N–H and O–H groups in total. The summed E-state index contributed by atoms with van der Waals surface area (Å²) in [6.07, 6.45) is 8.85. The van der Waals surface area contributed by atoms with E-state index in [9.17, 15) is 8.42 Å². The minimum atomic E-state index is -3.60. The normalized spacial score (nSPS) is 15.2. The van der Waals surface area contributed by atoms with E-state index in [1.165, 1.54) is 4.31 Å². The van der Waals surface area contributed by atoms with Gasteiger partial charge in [-0.25, -0.2) is 18.4 Å². The number of anilines is 2. The Kier molecular flexibility index (Phi) is 8.24. The molecule has 1 aliphatic rings. The maximum Gasteiger partial charge on any atom is 0.243 e. The van der Waals surface area contributed by atoms with Gasteiger partial charge in [0, 0.05) is 67.3 Å². The van der Waals surface area contributed by atoms with Crippen LogP contribution in [-0.4, -0.2) is 74.6 Å². The Morgan fingerprint density at radius 1 is 1.07 bits per heavy atom. The summed E-state index contributed by atoms with van der Waals surface area (Å²) in [6, 6.07) is 12.9. The van der Waals surface area contributed by atoms with Crippen LogP contribution in [0.2, 0.25) is 0 Å². The molecule has 5 rings (SSSR count). The SMILES string of the molecule is CCn1cc(-c2ccnc(Nc3ccc(S(=O)(=O)N(C)C4CCN(C(C)C)CC4)cc3)n2)c(-c2cccnc2)n1. The predicted octanol–water partition coefficient (Wildman–Crippen LogP) is 4.66. The summed E-state index contributed by atoms with van der Waals surface area (Å²) in [5, 5.41) is 7.92. The van der Waals surface area contributed by atoms with Crippen LogP contribution in [0.5, 0.6) is 0 Å². The van der Waals surface area contributed by atoms with Crippen LogP contribution in [0, 0.1) is 0 Å². The fraction of sp³-hybridized carbons (Fsp3) is 0.379. The van der Waals surface area contributed by atoms with E-state index < -0.39 is 10.0 Å². The minimum Gasteiger partial charge on any atom is -0.324 e. The lowest BCUT2D eigenvalue weighted by molar-refractivity contribution is 0.140. The molecule has 10 nitrogen and oxygen atoms in total. The molecule has 4 heterocycles. The van der Waals surface area contributed by atoms with E-state index in [4.69, 9.17) is 10.1 Å². The smallest absolute Gasteiger partial charge is 0.243 e. The van der Waals surface area contributed by atoms with Gasteiger partial charge in [-0.05, 0) is 89.2 Å². The van der Waals surface area contributed by atoms with Crippen LogP contribution < -0.4 is 5.32 Å². The van der Waals surface area contributed by atoms with Gasteiger partial charge in [0.15, 0.2) is 0 Å². The summed E-state index contributed by atoms with van der Waals surface area (Å²) >= 11 is 0. The zero-order chi connectivity index (χ0) is 28.3. The van der Waals surface area contributed by atoms with Gasteiger partial charge < -0.3 is 10.2 Å². The van der Waals surface area contributed by atoms with Crippen molar-refractivity contribution < 1.29 is 8.42 Å². The first-order valence-corrected chi connectivity index (χ1v) is 15.1. The van der Waals surface area contributed by atoms with Gasteiger partial charge in [0.25, 0.3) is 0 Å². The lowest BCUT2D eigenvalue weighted by Gasteiger charge is -2.37. The highest BCUT2D eigenvalue weighted by molar-refractivity contribution is 7.89. The van der Waals surface area contributed by atoms with E-state index in [-0.39, 0.29) is 10.9 Å². The molecule has 0 radical (unpaired) electrons. The van der Waals surface area contributed by atoms with Crippen molar-refractivity contribution in [3.63, 3.8) is 0 Å². The van der Waals surface area contributed by atoms with E-state index in [0.717, 1.165) is 55.0 Å². The Hall–Kier alpha value is -3.67. The standard InChI is InChI=1S/C29H36N8O2S/c1-5-37-20-26(28(34-37)22-7-6-15-30-19-22)27-12-16-31-29(33-27)32-23-8-10-25(11-9-23)40(38,39)35(4)24-13-17-36(18-14-24)21(2)3/h6-12,15-16,19-21,24H,5,13-14,17-18H2,1-4H3,(H,31,32,33). The van der Waals surface area contributed by atoms with E-state index in [1.54, 1.807) is 49.9 Å². The molecule has 0 atom stereocenters. The summed E-state index contributed by atoms with van der Waals surface area (Å²) in [5.74, 6) is 0.406. The zero-order valence-electron chi connectivity index (χ0n) is 23.4. The number of benzene rings is 1. The summed E-state index contributed by atoms with van der Waals surface area (Å²) in [5.41, 5.74) is 4.00. The fourth-order valence-corrected chi connectivity index (χ4v) is 6.44. The van der Waals surface area contributed by atoms with Gasteiger partial charge in [-0.15, -0.1) is 0 Å². The number of rotatable bonds is 9. The molecule has 11 heteroatoms. The average Bonchev–Trinajstić information content (AvgIpc) is 3.42. The second-order valence-electron chi connectivity index (χ2n) is 10.3. The zero-order valence-corrected chi connectivity index (χ0v) is 24.2. The second kappa shape index (κ2) is 11.8. The molecule has 0 unspecified atom stereocenters. The van der Waals surface area contributed by atoms with Gasteiger partial charge in [-0.3, -0.25) is 9.67 Å². The molecular formula is C29H36N8O2S. The predicted molar refractivity (Wildman–Crippen MR) is 157 cm³/mol. The van der Waals surface area contributed by atoms with Crippen LogP contribution >= 0.6 is 0 Å². The summed E-state index contributed by atoms with van der Waals surface area (Å²) in [7, 11) is -1.91. The van der Waals surface area contributed by atoms with Crippen molar-refractivity contribution in [1.29, 1.82) is 0 Å². The Morgan fingerprint density at radius 3 is 2.48 bits per heavy atom. The van der Waals surface area contributed by atoms with Crippen molar-refractivity contribution in [2.24, 2.45) is 0 Å². The number of piperidine rings is 1. The Labute approximate surface area is 236 Å². The van der Waals surface area contributed by atoms with Crippen molar-refractivity contribution >= 4 is 21.7 Å².